The predicted octanol–water partition coefficient (Wildman–Crippen LogP) is 2.71. The van der Waals surface area contributed by atoms with E-state index in [2.05, 4.69) is 10.3 Å². The Hall–Kier alpha value is -2.69. The Morgan fingerprint density at radius 1 is 1.24 bits per heavy atom. The maximum absolute atomic E-state index is 13.1. The second kappa shape index (κ2) is 5.36. The van der Waals surface area contributed by atoms with Crippen molar-refractivity contribution >= 4 is 11.6 Å². The molecule has 106 valence electrons. The fourth-order valence-electron chi connectivity index (χ4n) is 2.20. The van der Waals surface area contributed by atoms with E-state index in [4.69, 9.17) is 0 Å². The number of benzene rings is 1. The van der Waals surface area contributed by atoms with Crippen molar-refractivity contribution in [2.45, 2.75) is 13.5 Å². The monoisotopic (exact) mass is 283 g/mol. The summed E-state index contributed by atoms with van der Waals surface area (Å²) in [6.07, 6.45) is 3.06. The molecule has 0 bridgehead atoms. The van der Waals surface area contributed by atoms with E-state index in [-0.39, 0.29) is 11.7 Å². The lowest BCUT2D eigenvalue weighted by atomic mass is 10.1. The van der Waals surface area contributed by atoms with Crippen molar-refractivity contribution in [3.63, 3.8) is 0 Å². The van der Waals surface area contributed by atoms with E-state index in [1.165, 1.54) is 12.3 Å². The lowest BCUT2D eigenvalue weighted by Gasteiger charge is -2.05. The van der Waals surface area contributed by atoms with Gasteiger partial charge in [0.15, 0.2) is 0 Å². The highest BCUT2D eigenvalue weighted by Gasteiger charge is 2.09. The topological polar surface area (TPSA) is 46.4 Å². The molecule has 3 rings (SSSR count). The minimum absolute atomic E-state index is 0.142. The van der Waals surface area contributed by atoms with E-state index >= 15 is 0 Å². The van der Waals surface area contributed by atoms with Crippen LogP contribution in [0.2, 0.25) is 0 Å². The summed E-state index contributed by atoms with van der Waals surface area (Å²) in [7, 11) is 0. The van der Waals surface area contributed by atoms with E-state index in [0.29, 0.717) is 23.4 Å². The molecule has 0 unspecified atom stereocenters. The van der Waals surface area contributed by atoms with Crippen LogP contribution in [0.5, 0.6) is 0 Å². The summed E-state index contributed by atoms with van der Waals surface area (Å²) >= 11 is 0. The number of fused-ring (bicyclic) bond motifs is 1. The van der Waals surface area contributed by atoms with Crippen LogP contribution in [0.15, 0.2) is 48.8 Å². The van der Waals surface area contributed by atoms with Crippen LogP contribution in [-0.4, -0.2) is 15.3 Å². The first-order valence-corrected chi connectivity index (χ1v) is 6.60. The zero-order valence-electron chi connectivity index (χ0n) is 11.5. The van der Waals surface area contributed by atoms with Crippen LogP contribution < -0.4 is 5.32 Å². The van der Waals surface area contributed by atoms with Gasteiger partial charge in [0.05, 0.1) is 12.2 Å². The van der Waals surface area contributed by atoms with Gasteiger partial charge in [-0.2, -0.15) is 0 Å². The first-order valence-electron chi connectivity index (χ1n) is 6.60. The molecule has 1 N–H and O–H groups in total. The SMILES string of the molecule is Cc1ccccc1C(=O)NCc1cn2cc(F)ccc2n1. The molecule has 4 nitrogen and oxygen atoms in total. The molecule has 5 heteroatoms. The Bertz CT molecular complexity index is 810. The smallest absolute Gasteiger partial charge is 0.251 e. The molecule has 0 fully saturated rings. The molecule has 1 aromatic carbocycles. The fourth-order valence-corrected chi connectivity index (χ4v) is 2.20. The molecule has 21 heavy (non-hydrogen) atoms. The highest BCUT2D eigenvalue weighted by molar-refractivity contribution is 5.95. The van der Waals surface area contributed by atoms with E-state index in [0.717, 1.165) is 5.56 Å². The number of hydrogen-bond donors (Lipinski definition) is 1. The number of carbonyl (C=O) groups excluding carboxylic acids is 1. The van der Waals surface area contributed by atoms with Gasteiger partial charge in [-0.05, 0) is 30.7 Å². The number of amides is 1. The summed E-state index contributed by atoms with van der Waals surface area (Å²) in [5, 5.41) is 2.82. The third-order valence-corrected chi connectivity index (χ3v) is 3.28. The summed E-state index contributed by atoms with van der Waals surface area (Å²) in [6.45, 7) is 2.19. The lowest BCUT2D eigenvalue weighted by Crippen LogP contribution is -2.23. The van der Waals surface area contributed by atoms with Crippen LogP contribution in [0.1, 0.15) is 21.6 Å². The van der Waals surface area contributed by atoms with Gasteiger partial charge in [-0.1, -0.05) is 18.2 Å². The van der Waals surface area contributed by atoms with E-state index < -0.39 is 0 Å². The van der Waals surface area contributed by atoms with Crippen LogP contribution in [0.3, 0.4) is 0 Å². The molecular weight excluding hydrogens is 269 g/mol. The minimum atomic E-state index is -0.324. The standard InChI is InChI=1S/C16H14FN3O/c1-11-4-2-3-5-14(11)16(21)18-8-13-10-20-9-12(17)6-7-15(20)19-13/h2-7,9-10H,8H2,1H3,(H,18,21). The quantitative estimate of drug-likeness (QED) is 0.803. The van der Waals surface area contributed by atoms with Gasteiger partial charge in [-0.25, -0.2) is 9.37 Å². The van der Waals surface area contributed by atoms with Gasteiger partial charge in [0, 0.05) is 18.0 Å². The van der Waals surface area contributed by atoms with Crippen molar-refractivity contribution in [1.82, 2.24) is 14.7 Å². The fraction of sp³-hybridized carbons (Fsp3) is 0.125. The second-order valence-corrected chi connectivity index (χ2v) is 4.84. The van der Waals surface area contributed by atoms with Gasteiger partial charge in [0.1, 0.15) is 11.5 Å². The molecule has 0 saturated heterocycles. The number of rotatable bonds is 3. The van der Waals surface area contributed by atoms with Gasteiger partial charge >= 0.3 is 0 Å². The maximum Gasteiger partial charge on any atom is 0.251 e. The Balaban J connectivity index is 1.74. The number of imidazole rings is 1. The number of nitrogens with zero attached hydrogens (tertiary/aromatic N) is 2. The Labute approximate surface area is 121 Å². The highest BCUT2D eigenvalue weighted by Crippen LogP contribution is 2.09. The van der Waals surface area contributed by atoms with Gasteiger partial charge in [0.25, 0.3) is 5.91 Å². The molecule has 0 aliphatic carbocycles. The molecule has 0 atom stereocenters. The number of pyridine rings is 1. The number of aromatic nitrogens is 2. The van der Waals surface area contributed by atoms with Gasteiger partial charge in [0.2, 0.25) is 0 Å². The molecule has 3 aromatic rings. The van der Waals surface area contributed by atoms with Gasteiger partial charge in [-0.3, -0.25) is 4.79 Å². The predicted molar refractivity (Wildman–Crippen MR) is 77.5 cm³/mol. The van der Waals surface area contributed by atoms with Crippen molar-refractivity contribution in [2.75, 3.05) is 0 Å². The first kappa shape index (κ1) is 13.3. The van der Waals surface area contributed by atoms with Crippen LogP contribution in [0, 0.1) is 12.7 Å². The number of nitrogens with one attached hydrogen (secondary N) is 1. The summed E-state index contributed by atoms with van der Waals surface area (Å²) in [6, 6.07) is 10.4. The molecular formula is C16H14FN3O. The molecule has 2 aromatic heterocycles. The lowest BCUT2D eigenvalue weighted by molar-refractivity contribution is 0.0950. The van der Waals surface area contributed by atoms with E-state index in [1.54, 1.807) is 22.7 Å². The number of hydrogen-bond acceptors (Lipinski definition) is 2. The Morgan fingerprint density at radius 2 is 2.05 bits per heavy atom. The van der Waals surface area contributed by atoms with Crippen LogP contribution in [0.4, 0.5) is 4.39 Å². The Morgan fingerprint density at radius 3 is 2.86 bits per heavy atom. The summed E-state index contributed by atoms with van der Waals surface area (Å²) in [5.74, 6) is -0.466. The molecule has 0 aliphatic rings. The average molecular weight is 283 g/mol. The third-order valence-electron chi connectivity index (χ3n) is 3.28. The zero-order valence-corrected chi connectivity index (χ0v) is 11.5. The Kier molecular flexibility index (Phi) is 3.39. The van der Waals surface area contributed by atoms with Crippen molar-refractivity contribution < 1.29 is 9.18 Å². The van der Waals surface area contributed by atoms with Crippen LogP contribution in [-0.2, 0) is 6.54 Å². The number of aryl methyl sites for hydroxylation is 1. The van der Waals surface area contributed by atoms with Crippen LogP contribution >= 0.6 is 0 Å². The normalized spacial score (nSPS) is 10.8. The van der Waals surface area contributed by atoms with E-state index in [9.17, 15) is 9.18 Å². The van der Waals surface area contributed by atoms with E-state index in [1.807, 2.05) is 25.1 Å². The van der Waals surface area contributed by atoms with Crippen molar-refractivity contribution in [3.05, 3.63) is 71.4 Å². The minimum Gasteiger partial charge on any atom is -0.346 e. The third kappa shape index (κ3) is 2.76. The largest absolute Gasteiger partial charge is 0.346 e. The molecule has 0 radical (unpaired) electrons. The molecule has 0 aliphatic heterocycles. The van der Waals surface area contributed by atoms with Crippen LogP contribution in [0.25, 0.3) is 5.65 Å². The first-order chi connectivity index (χ1) is 10.1. The maximum atomic E-state index is 13.1. The van der Waals surface area contributed by atoms with Crippen molar-refractivity contribution in [3.8, 4) is 0 Å². The summed E-state index contributed by atoms with van der Waals surface area (Å²) in [5.41, 5.74) is 2.90. The number of carbonyl (C=O) groups is 1. The molecule has 1 amide bonds. The highest BCUT2D eigenvalue weighted by atomic mass is 19.1. The van der Waals surface area contributed by atoms with Crippen molar-refractivity contribution in [2.24, 2.45) is 0 Å². The average Bonchev–Trinajstić information content (AvgIpc) is 2.87. The molecule has 2 heterocycles. The molecule has 0 spiro atoms. The van der Waals surface area contributed by atoms with Gasteiger partial charge < -0.3 is 9.72 Å². The summed E-state index contributed by atoms with van der Waals surface area (Å²) in [4.78, 5) is 16.4. The van der Waals surface area contributed by atoms with Gasteiger partial charge in [-0.15, -0.1) is 0 Å². The summed E-state index contributed by atoms with van der Waals surface area (Å²) < 4.78 is 14.7. The van der Waals surface area contributed by atoms with Crippen molar-refractivity contribution in [1.29, 1.82) is 0 Å². The number of halogens is 1. The molecule has 0 saturated carbocycles. The zero-order chi connectivity index (χ0) is 14.8. The second-order valence-electron chi connectivity index (χ2n) is 4.84.